The first-order valence-electron chi connectivity index (χ1n) is 6.77. The molecule has 2 rings (SSSR count). The summed E-state index contributed by atoms with van der Waals surface area (Å²) in [5.41, 5.74) is 0.767. The Hall–Kier alpha value is -0.930. The van der Waals surface area contributed by atoms with Crippen molar-refractivity contribution < 1.29 is 4.39 Å². The van der Waals surface area contributed by atoms with E-state index in [9.17, 15) is 4.39 Å². The van der Waals surface area contributed by atoms with E-state index in [1.807, 2.05) is 19.1 Å². The predicted molar refractivity (Wildman–Crippen MR) is 73.0 cm³/mol. The molecule has 100 valence electrons. The number of halogens is 1. The number of hydrogen-bond acceptors (Lipinski definition) is 2. The zero-order chi connectivity index (χ0) is 13.1. The fourth-order valence-electron chi connectivity index (χ4n) is 2.84. The lowest BCUT2D eigenvalue weighted by atomic mass is 9.93. The average molecular weight is 250 g/mol. The molecule has 0 bridgehead atoms. The van der Waals surface area contributed by atoms with Crippen molar-refractivity contribution >= 4 is 0 Å². The largest absolute Gasteiger partial charge is 0.307 e. The van der Waals surface area contributed by atoms with Gasteiger partial charge in [0.05, 0.1) is 0 Å². The molecule has 2 nitrogen and oxygen atoms in total. The SMILES string of the molecule is CC(NC1CCN(C)CC1C)c1ccccc1F. The quantitative estimate of drug-likeness (QED) is 0.887. The van der Waals surface area contributed by atoms with E-state index >= 15 is 0 Å². The summed E-state index contributed by atoms with van der Waals surface area (Å²) in [7, 11) is 2.16. The highest BCUT2D eigenvalue weighted by Crippen LogP contribution is 2.21. The van der Waals surface area contributed by atoms with Crippen LogP contribution in [-0.4, -0.2) is 31.1 Å². The van der Waals surface area contributed by atoms with Crippen molar-refractivity contribution in [1.29, 1.82) is 0 Å². The molecule has 0 spiro atoms. The van der Waals surface area contributed by atoms with Gasteiger partial charge in [-0.1, -0.05) is 25.1 Å². The van der Waals surface area contributed by atoms with Crippen LogP contribution in [0.3, 0.4) is 0 Å². The fourth-order valence-corrected chi connectivity index (χ4v) is 2.84. The van der Waals surface area contributed by atoms with Crippen LogP contribution in [0.2, 0.25) is 0 Å². The first-order valence-corrected chi connectivity index (χ1v) is 6.77. The first kappa shape index (κ1) is 13.5. The molecule has 0 amide bonds. The molecule has 1 aliphatic heterocycles. The summed E-state index contributed by atoms with van der Waals surface area (Å²) < 4.78 is 13.7. The van der Waals surface area contributed by atoms with E-state index in [4.69, 9.17) is 0 Å². The third-order valence-corrected chi connectivity index (χ3v) is 3.94. The summed E-state index contributed by atoms with van der Waals surface area (Å²) in [6.45, 7) is 6.54. The normalized spacial score (nSPS) is 27.1. The fraction of sp³-hybridized carbons (Fsp3) is 0.600. The molecule has 0 aromatic heterocycles. The molecule has 1 saturated heterocycles. The molecule has 1 heterocycles. The molecule has 0 saturated carbocycles. The topological polar surface area (TPSA) is 15.3 Å². The molecule has 0 radical (unpaired) electrons. The molecule has 1 N–H and O–H groups in total. The molecule has 1 aliphatic rings. The van der Waals surface area contributed by atoms with Crippen LogP contribution < -0.4 is 5.32 Å². The number of nitrogens with one attached hydrogen (secondary N) is 1. The molecular formula is C15H23FN2. The maximum Gasteiger partial charge on any atom is 0.127 e. The first-order chi connectivity index (χ1) is 8.58. The van der Waals surface area contributed by atoms with E-state index in [2.05, 4.69) is 24.2 Å². The van der Waals surface area contributed by atoms with Crippen LogP contribution >= 0.6 is 0 Å². The van der Waals surface area contributed by atoms with Crippen molar-refractivity contribution in [3.8, 4) is 0 Å². The van der Waals surface area contributed by atoms with Gasteiger partial charge in [-0.05, 0) is 38.9 Å². The van der Waals surface area contributed by atoms with Crippen LogP contribution in [0.15, 0.2) is 24.3 Å². The lowest BCUT2D eigenvalue weighted by Gasteiger charge is -2.37. The molecule has 18 heavy (non-hydrogen) atoms. The van der Waals surface area contributed by atoms with E-state index < -0.39 is 0 Å². The van der Waals surface area contributed by atoms with Crippen LogP contribution in [0.25, 0.3) is 0 Å². The third kappa shape index (κ3) is 3.09. The van der Waals surface area contributed by atoms with E-state index in [1.165, 1.54) is 6.07 Å². The predicted octanol–water partition coefficient (Wildman–Crippen LogP) is 2.82. The lowest BCUT2D eigenvalue weighted by molar-refractivity contribution is 0.167. The number of benzene rings is 1. The third-order valence-electron chi connectivity index (χ3n) is 3.94. The van der Waals surface area contributed by atoms with E-state index in [0.29, 0.717) is 12.0 Å². The van der Waals surface area contributed by atoms with Crippen LogP contribution in [0, 0.1) is 11.7 Å². The Labute approximate surface area is 109 Å². The average Bonchev–Trinajstić information content (AvgIpc) is 2.33. The van der Waals surface area contributed by atoms with Gasteiger partial charge in [0.1, 0.15) is 5.82 Å². The Kier molecular flexibility index (Phi) is 4.36. The number of nitrogens with zero attached hydrogens (tertiary/aromatic N) is 1. The maximum atomic E-state index is 13.7. The Morgan fingerprint density at radius 1 is 1.39 bits per heavy atom. The van der Waals surface area contributed by atoms with Crippen molar-refractivity contribution in [3.63, 3.8) is 0 Å². The van der Waals surface area contributed by atoms with Gasteiger partial charge in [-0.25, -0.2) is 4.39 Å². The van der Waals surface area contributed by atoms with Gasteiger partial charge >= 0.3 is 0 Å². The summed E-state index contributed by atoms with van der Waals surface area (Å²) in [6, 6.07) is 7.59. The Balaban J connectivity index is 1.99. The van der Waals surface area contributed by atoms with E-state index in [-0.39, 0.29) is 11.9 Å². The number of hydrogen-bond donors (Lipinski definition) is 1. The lowest BCUT2D eigenvalue weighted by Crippen LogP contribution is -2.47. The summed E-state index contributed by atoms with van der Waals surface area (Å²) in [5.74, 6) is 0.496. The van der Waals surface area contributed by atoms with Crippen LogP contribution in [0.5, 0.6) is 0 Å². The van der Waals surface area contributed by atoms with Crippen LogP contribution in [-0.2, 0) is 0 Å². The Morgan fingerprint density at radius 3 is 2.78 bits per heavy atom. The molecular weight excluding hydrogens is 227 g/mol. The standard InChI is InChI=1S/C15H23FN2/c1-11-10-18(3)9-8-15(11)17-12(2)13-6-4-5-7-14(13)16/h4-7,11-12,15,17H,8-10H2,1-3H3. The highest BCUT2D eigenvalue weighted by atomic mass is 19.1. The molecule has 1 fully saturated rings. The molecule has 3 heteroatoms. The zero-order valence-corrected chi connectivity index (χ0v) is 11.5. The summed E-state index contributed by atoms with van der Waals surface area (Å²) in [4.78, 5) is 2.36. The smallest absolute Gasteiger partial charge is 0.127 e. The number of piperidine rings is 1. The second kappa shape index (κ2) is 5.81. The van der Waals surface area contributed by atoms with Crippen molar-refractivity contribution in [2.45, 2.75) is 32.4 Å². The van der Waals surface area contributed by atoms with Gasteiger partial charge in [-0.3, -0.25) is 0 Å². The van der Waals surface area contributed by atoms with Crippen molar-refractivity contribution in [3.05, 3.63) is 35.6 Å². The van der Waals surface area contributed by atoms with Crippen LogP contribution in [0.1, 0.15) is 31.9 Å². The highest BCUT2D eigenvalue weighted by molar-refractivity contribution is 5.20. The summed E-state index contributed by atoms with van der Waals surface area (Å²) >= 11 is 0. The van der Waals surface area contributed by atoms with E-state index in [1.54, 1.807) is 6.07 Å². The minimum absolute atomic E-state index is 0.0713. The van der Waals surface area contributed by atoms with Gasteiger partial charge in [-0.15, -0.1) is 0 Å². The number of likely N-dealkylation sites (tertiary alicyclic amines) is 1. The van der Waals surface area contributed by atoms with Gasteiger partial charge in [0, 0.05) is 24.2 Å². The zero-order valence-electron chi connectivity index (χ0n) is 11.5. The Bertz CT molecular complexity index is 394. The van der Waals surface area contributed by atoms with Gasteiger partial charge < -0.3 is 10.2 Å². The monoisotopic (exact) mass is 250 g/mol. The van der Waals surface area contributed by atoms with Crippen molar-refractivity contribution in [1.82, 2.24) is 10.2 Å². The van der Waals surface area contributed by atoms with Crippen molar-refractivity contribution in [2.75, 3.05) is 20.1 Å². The summed E-state index contributed by atoms with van der Waals surface area (Å²) in [6.07, 6.45) is 1.14. The van der Waals surface area contributed by atoms with Crippen LogP contribution in [0.4, 0.5) is 4.39 Å². The van der Waals surface area contributed by atoms with Gasteiger partial charge in [-0.2, -0.15) is 0 Å². The second-order valence-corrected chi connectivity index (χ2v) is 5.54. The maximum absolute atomic E-state index is 13.7. The van der Waals surface area contributed by atoms with Gasteiger partial charge in [0.2, 0.25) is 0 Å². The van der Waals surface area contributed by atoms with Crippen molar-refractivity contribution in [2.24, 2.45) is 5.92 Å². The highest BCUT2D eigenvalue weighted by Gasteiger charge is 2.25. The van der Waals surface area contributed by atoms with E-state index in [0.717, 1.165) is 25.1 Å². The molecule has 3 unspecified atom stereocenters. The number of rotatable bonds is 3. The molecule has 3 atom stereocenters. The minimum Gasteiger partial charge on any atom is -0.307 e. The van der Waals surface area contributed by atoms with Gasteiger partial charge in [0.25, 0.3) is 0 Å². The summed E-state index contributed by atoms with van der Waals surface area (Å²) in [5, 5.41) is 3.58. The minimum atomic E-state index is -0.113. The molecule has 0 aliphatic carbocycles. The molecule has 1 aromatic carbocycles. The van der Waals surface area contributed by atoms with Gasteiger partial charge in [0.15, 0.2) is 0 Å². The Morgan fingerprint density at radius 2 is 2.11 bits per heavy atom. The second-order valence-electron chi connectivity index (χ2n) is 5.54. The molecule has 1 aromatic rings.